The van der Waals surface area contributed by atoms with Gasteiger partial charge in [-0.15, -0.1) is 0 Å². The molecule has 0 saturated carbocycles. The minimum absolute atomic E-state index is 0.0474. The van der Waals surface area contributed by atoms with Gasteiger partial charge in [-0.2, -0.15) is 0 Å². The lowest BCUT2D eigenvalue weighted by Gasteiger charge is -2.24. The van der Waals surface area contributed by atoms with Crippen LogP contribution in [0.3, 0.4) is 0 Å². The predicted octanol–water partition coefficient (Wildman–Crippen LogP) is 2.98. The highest BCUT2D eigenvalue weighted by Gasteiger charge is 2.24. The SMILES string of the molecule is CCC(C)(C)NC(=O)c1cc(C)c(F)c(S(=O)(=O)Cl)c1. The maximum Gasteiger partial charge on any atom is 0.264 e. The second-order valence-corrected chi connectivity index (χ2v) is 7.77. The van der Waals surface area contributed by atoms with Gasteiger partial charge in [0.25, 0.3) is 15.0 Å². The largest absolute Gasteiger partial charge is 0.347 e. The van der Waals surface area contributed by atoms with Gasteiger partial charge in [-0.25, -0.2) is 12.8 Å². The van der Waals surface area contributed by atoms with Crippen molar-refractivity contribution in [2.24, 2.45) is 0 Å². The molecule has 1 aromatic rings. The fourth-order valence-electron chi connectivity index (χ4n) is 1.51. The molecule has 0 aliphatic heterocycles. The van der Waals surface area contributed by atoms with Crippen molar-refractivity contribution in [1.29, 1.82) is 0 Å². The Morgan fingerprint density at radius 1 is 1.40 bits per heavy atom. The number of carbonyl (C=O) groups is 1. The second kappa shape index (κ2) is 5.69. The number of aryl methyl sites for hydroxylation is 1. The van der Waals surface area contributed by atoms with E-state index in [1.165, 1.54) is 13.0 Å². The third-order valence-corrected chi connectivity index (χ3v) is 4.40. The first kappa shape index (κ1) is 16.9. The number of rotatable bonds is 4. The molecule has 112 valence electrons. The number of carbonyl (C=O) groups excluding carboxylic acids is 1. The average molecular weight is 322 g/mol. The highest BCUT2D eigenvalue weighted by Crippen LogP contribution is 2.24. The Labute approximate surface area is 122 Å². The van der Waals surface area contributed by atoms with Crippen molar-refractivity contribution < 1.29 is 17.6 Å². The molecule has 0 fully saturated rings. The third-order valence-electron chi connectivity index (χ3n) is 3.08. The van der Waals surface area contributed by atoms with Gasteiger partial charge in [0, 0.05) is 21.8 Å². The number of hydrogen-bond donors (Lipinski definition) is 1. The van der Waals surface area contributed by atoms with Crippen LogP contribution >= 0.6 is 10.7 Å². The minimum atomic E-state index is -4.24. The molecule has 0 atom stereocenters. The summed E-state index contributed by atoms with van der Waals surface area (Å²) in [6, 6.07) is 2.24. The molecule has 0 aliphatic rings. The van der Waals surface area contributed by atoms with E-state index >= 15 is 0 Å². The Morgan fingerprint density at radius 3 is 2.40 bits per heavy atom. The van der Waals surface area contributed by atoms with Gasteiger partial charge in [0.2, 0.25) is 0 Å². The van der Waals surface area contributed by atoms with Gasteiger partial charge in [-0.05, 0) is 44.9 Å². The lowest BCUT2D eigenvalue weighted by molar-refractivity contribution is 0.0911. The summed E-state index contributed by atoms with van der Waals surface area (Å²) in [6.07, 6.45) is 0.694. The van der Waals surface area contributed by atoms with Crippen LogP contribution in [0.25, 0.3) is 0 Å². The molecule has 1 rings (SSSR count). The van der Waals surface area contributed by atoms with Gasteiger partial charge >= 0.3 is 0 Å². The molecule has 4 nitrogen and oxygen atoms in total. The normalized spacial score (nSPS) is 12.3. The lowest BCUT2D eigenvalue weighted by atomic mass is 10.0. The van der Waals surface area contributed by atoms with Crippen molar-refractivity contribution in [2.75, 3.05) is 0 Å². The van der Waals surface area contributed by atoms with Crippen LogP contribution in [0.5, 0.6) is 0 Å². The van der Waals surface area contributed by atoms with E-state index in [9.17, 15) is 17.6 Å². The van der Waals surface area contributed by atoms with Gasteiger partial charge in [0.15, 0.2) is 0 Å². The number of nitrogens with one attached hydrogen (secondary N) is 1. The van der Waals surface area contributed by atoms with Gasteiger partial charge in [-0.1, -0.05) is 6.92 Å². The summed E-state index contributed by atoms with van der Waals surface area (Å²) >= 11 is 0. The van der Waals surface area contributed by atoms with Crippen LogP contribution in [0.4, 0.5) is 4.39 Å². The molecule has 7 heteroatoms. The van der Waals surface area contributed by atoms with Gasteiger partial charge in [0.05, 0.1) is 0 Å². The lowest BCUT2D eigenvalue weighted by Crippen LogP contribution is -2.42. The van der Waals surface area contributed by atoms with Crippen molar-refractivity contribution in [3.8, 4) is 0 Å². The quantitative estimate of drug-likeness (QED) is 0.867. The van der Waals surface area contributed by atoms with Crippen LogP contribution in [0, 0.1) is 12.7 Å². The van der Waals surface area contributed by atoms with Crippen LogP contribution in [-0.2, 0) is 9.05 Å². The van der Waals surface area contributed by atoms with Crippen LogP contribution in [-0.4, -0.2) is 19.9 Å². The maximum atomic E-state index is 13.7. The molecular formula is C13H17ClFNO3S. The Bertz CT molecular complexity index is 641. The molecule has 20 heavy (non-hydrogen) atoms. The molecule has 0 aliphatic carbocycles. The number of benzene rings is 1. The summed E-state index contributed by atoms with van der Waals surface area (Å²) in [5.74, 6) is -1.41. The van der Waals surface area contributed by atoms with Crippen molar-refractivity contribution in [1.82, 2.24) is 5.32 Å². The van der Waals surface area contributed by atoms with Crippen LogP contribution in [0.2, 0.25) is 0 Å². The number of hydrogen-bond acceptors (Lipinski definition) is 3. The number of amides is 1. The molecular weight excluding hydrogens is 305 g/mol. The molecule has 1 N–H and O–H groups in total. The molecule has 0 spiro atoms. The van der Waals surface area contributed by atoms with E-state index in [-0.39, 0.29) is 11.1 Å². The monoisotopic (exact) mass is 321 g/mol. The zero-order chi connectivity index (χ0) is 15.7. The van der Waals surface area contributed by atoms with Crippen molar-refractivity contribution in [2.45, 2.75) is 44.6 Å². The zero-order valence-electron chi connectivity index (χ0n) is 11.8. The zero-order valence-corrected chi connectivity index (χ0v) is 13.3. The van der Waals surface area contributed by atoms with E-state index < -0.39 is 31.2 Å². The second-order valence-electron chi connectivity index (χ2n) is 5.23. The van der Waals surface area contributed by atoms with E-state index in [0.717, 1.165) is 6.07 Å². The highest BCUT2D eigenvalue weighted by atomic mass is 35.7. The van der Waals surface area contributed by atoms with Crippen LogP contribution < -0.4 is 5.32 Å². The summed E-state index contributed by atoms with van der Waals surface area (Å²) in [5, 5.41) is 2.75. The molecule has 0 aromatic heterocycles. The van der Waals surface area contributed by atoms with Gasteiger partial charge < -0.3 is 5.32 Å². The summed E-state index contributed by atoms with van der Waals surface area (Å²) in [6.45, 7) is 6.95. The molecule has 1 aromatic carbocycles. The fraction of sp³-hybridized carbons (Fsp3) is 0.462. The predicted molar refractivity (Wildman–Crippen MR) is 76.0 cm³/mol. The highest BCUT2D eigenvalue weighted by molar-refractivity contribution is 8.13. The Balaban J connectivity index is 3.28. The minimum Gasteiger partial charge on any atom is -0.347 e. The van der Waals surface area contributed by atoms with E-state index in [1.54, 1.807) is 0 Å². The van der Waals surface area contributed by atoms with Crippen LogP contribution in [0.1, 0.15) is 43.1 Å². The molecule has 1 amide bonds. The Hall–Kier alpha value is -1.14. The Morgan fingerprint density at radius 2 is 1.95 bits per heavy atom. The molecule has 0 radical (unpaired) electrons. The molecule has 0 saturated heterocycles. The summed E-state index contributed by atoms with van der Waals surface area (Å²) in [4.78, 5) is 11.4. The first-order valence-corrected chi connectivity index (χ1v) is 8.36. The van der Waals surface area contributed by atoms with Crippen LogP contribution in [0.15, 0.2) is 17.0 Å². The molecule has 0 bridgehead atoms. The smallest absolute Gasteiger partial charge is 0.264 e. The first-order chi connectivity index (χ1) is 8.98. The number of halogens is 2. The van der Waals surface area contributed by atoms with Crippen molar-refractivity contribution in [3.05, 3.63) is 29.1 Å². The average Bonchev–Trinajstić information content (AvgIpc) is 2.30. The fourth-order valence-corrected chi connectivity index (χ4v) is 2.49. The van der Waals surface area contributed by atoms with Gasteiger partial charge in [-0.3, -0.25) is 4.79 Å². The van der Waals surface area contributed by atoms with Crippen molar-refractivity contribution >= 4 is 25.6 Å². The maximum absolute atomic E-state index is 13.7. The first-order valence-electron chi connectivity index (χ1n) is 6.05. The van der Waals surface area contributed by atoms with Crippen molar-refractivity contribution in [3.63, 3.8) is 0 Å². The van der Waals surface area contributed by atoms with E-state index in [2.05, 4.69) is 5.32 Å². The van der Waals surface area contributed by atoms with E-state index in [4.69, 9.17) is 10.7 Å². The van der Waals surface area contributed by atoms with E-state index in [0.29, 0.717) is 6.42 Å². The molecule has 0 heterocycles. The summed E-state index contributed by atoms with van der Waals surface area (Å²) < 4.78 is 36.4. The molecule has 0 unspecified atom stereocenters. The third kappa shape index (κ3) is 3.93. The standard InChI is InChI=1S/C13H17ClFNO3S/c1-5-13(3,4)16-12(17)9-6-8(2)11(15)10(7-9)20(14,18)19/h6-7H,5H2,1-4H3,(H,16,17). The summed E-state index contributed by atoms with van der Waals surface area (Å²) in [5.41, 5.74) is -0.338. The van der Waals surface area contributed by atoms with E-state index in [1.807, 2.05) is 20.8 Å². The van der Waals surface area contributed by atoms with Gasteiger partial charge in [0.1, 0.15) is 10.7 Å². The topological polar surface area (TPSA) is 63.2 Å². The Kier molecular flexibility index (Phi) is 4.82. The summed E-state index contributed by atoms with van der Waals surface area (Å²) in [7, 11) is 0.929.